The van der Waals surface area contributed by atoms with Gasteiger partial charge in [-0.15, -0.1) is 0 Å². The number of ether oxygens (including phenoxy) is 1. The first kappa shape index (κ1) is 12.6. The fourth-order valence-corrected chi connectivity index (χ4v) is 1.22. The van der Waals surface area contributed by atoms with Gasteiger partial charge in [-0.05, 0) is 24.6 Å². The molecule has 0 aliphatic heterocycles. The van der Waals surface area contributed by atoms with Crippen molar-refractivity contribution in [3.8, 4) is 0 Å². The van der Waals surface area contributed by atoms with Crippen LogP contribution in [0.4, 0.5) is 8.78 Å². The monoisotopic (exact) mass is 230 g/mol. The molecule has 1 aromatic carbocycles. The summed E-state index contributed by atoms with van der Waals surface area (Å²) in [5.74, 6) is -2.63. The first-order valence-electron chi connectivity index (χ1n) is 4.83. The van der Waals surface area contributed by atoms with E-state index < -0.39 is 23.7 Å². The molecule has 0 amide bonds. The molecular formula is C11H12F2O3. The molecule has 0 unspecified atom stereocenters. The van der Waals surface area contributed by atoms with Gasteiger partial charge >= 0.3 is 5.97 Å². The molecule has 0 spiro atoms. The first-order valence-corrected chi connectivity index (χ1v) is 4.83. The molecule has 1 rings (SSSR count). The fourth-order valence-electron chi connectivity index (χ4n) is 1.22. The van der Waals surface area contributed by atoms with Gasteiger partial charge in [-0.3, -0.25) is 4.79 Å². The van der Waals surface area contributed by atoms with E-state index in [4.69, 9.17) is 0 Å². The quantitative estimate of drug-likeness (QED) is 0.804. The van der Waals surface area contributed by atoms with Crippen LogP contribution in [0.15, 0.2) is 18.2 Å². The lowest BCUT2D eigenvalue weighted by molar-refractivity contribution is -0.145. The van der Waals surface area contributed by atoms with Gasteiger partial charge in [-0.2, -0.15) is 0 Å². The van der Waals surface area contributed by atoms with E-state index in [2.05, 4.69) is 4.74 Å². The smallest absolute Gasteiger partial charge is 0.308 e. The van der Waals surface area contributed by atoms with Crippen molar-refractivity contribution in [1.29, 1.82) is 0 Å². The molecule has 5 heteroatoms. The van der Waals surface area contributed by atoms with E-state index in [1.807, 2.05) is 0 Å². The van der Waals surface area contributed by atoms with E-state index >= 15 is 0 Å². The molecular weight excluding hydrogens is 218 g/mol. The summed E-state index contributed by atoms with van der Waals surface area (Å²) >= 11 is 0. The maximum Gasteiger partial charge on any atom is 0.308 e. The number of hydrogen-bond acceptors (Lipinski definition) is 3. The second-order valence-corrected chi connectivity index (χ2v) is 3.20. The Morgan fingerprint density at radius 1 is 1.44 bits per heavy atom. The lowest BCUT2D eigenvalue weighted by Crippen LogP contribution is -2.10. The molecule has 0 radical (unpaired) electrons. The molecule has 1 aromatic rings. The van der Waals surface area contributed by atoms with Crippen molar-refractivity contribution in [1.82, 2.24) is 0 Å². The number of carbonyl (C=O) groups excluding carboxylic acids is 1. The van der Waals surface area contributed by atoms with Gasteiger partial charge in [0.05, 0.1) is 19.1 Å². The summed E-state index contributed by atoms with van der Waals surface area (Å²) in [6.45, 7) is 1.85. The van der Waals surface area contributed by atoms with Crippen LogP contribution in [0.2, 0.25) is 0 Å². The lowest BCUT2D eigenvalue weighted by Gasteiger charge is -2.10. The topological polar surface area (TPSA) is 46.5 Å². The Morgan fingerprint density at radius 2 is 2.12 bits per heavy atom. The maximum absolute atomic E-state index is 12.8. The second-order valence-electron chi connectivity index (χ2n) is 3.20. The van der Waals surface area contributed by atoms with Gasteiger partial charge in [0.25, 0.3) is 0 Å². The van der Waals surface area contributed by atoms with Crippen LogP contribution < -0.4 is 0 Å². The van der Waals surface area contributed by atoms with Crippen LogP contribution in [-0.2, 0) is 9.53 Å². The molecule has 1 N–H and O–H groups in total. The Labute approximate surface area is 91.7 Å². The average molecular weight is 230 g/mol. The maximum atomic E-state index is 12.8. The Bertz CT molecular complexity index is 379. The van der Waals surface area contributed by atoms with Gasteiger partial charge in [0.15, 0.2) is 11.6 Å². The van der Waals surface area contributed by atoms with Crippen molar-refractivity contribution in [2.75, 3.05) is 6.61 Å². The molecule has 0 fully saturated rings. The molecule has 0 aromatic heterocycles. The standard InChI is InChI=1S/C11H12F2O3/c1-2-16-11(15)6-10(14)7-3-4-8(12)9(13)5-7/h3-5,10,14H,2,6H2,1H3/t10-/m1/s1. The predicted octanol–water partition coefficient (Wildman–Crippen LogP) is 1.95. The molecule has 16 heavy (non-hydrogen) atoms. The zero-order valence-corrected chi connectivity index (χ0v) is 8.74. The van der Waals surface area contributed by atoms with Crippen LogP contribution in [0.25, 0.3) is 0 Å². The zero-order chi connectivity index (χ0) is 12.1. The van der Waals surface area contributed by atoms with Gasteiger partial charge in [-0.25, -0.2) is 8.78 Å². The van der Waals surface area contributed by atoms with Gasteiger partial charge in [0.1, 0.15) is 0 Å². The van der Waals surface area contributed by atoms with E-state index in [0.717, 1.165) is 12.1 Å². The Morgan fingerprint density at radius 3 is 2.69 bits per heavy atom. The minimum atomic E-state index is -1.19. The molecule has 0 aliphatic carbocycles. The molecule has 0 saturated heterocycles. The van der Waals surface area contributed by atoms with Crippen molar-refractivity contribution in [3.05, 3.63) is 35.4 Å². The van der Waals surface area contributed by atoms with Crippen molar-refractivity contribution >= 4 is 5.97 Å². The van der Waals surface area contributed by atoms with Gasteiger partial charge in [0.2, 0.25) is 0 Å². The largest absolute Gasteiger partial charge is 0.466 e. The van der Waals surface area contributed by atoms with E-state index in [1.54, 1.807) is 6.92 Å². The van der Waals surface area contributed by atoms with Crippen LogP contribution in [0.1, 0.15) is 25.0 Å². The number of hydrogen-bond donors (Lipinski definition) is 1. The van der Waals surface area contributed by atoms with Gasteiger partial charge in [0, 0.05) is 0 Å². The van der Waals surface area contributed by atoms with Crippen LogP contribution in [-0.4, -0.2) is 17.7 Å². The summed E-state index contributed by atoms with van der Waals surface area (Å²) in [5.41, 5.74) is 0.145. The Hall–Kier alpha value is -1.49. The number of aliphatic hydroxyl groups is 1. The summed E-state index contributed by atoms with van der Waals surface area (Å²) in [6.07, 6.45) is -1.46. The summed E-state index contributed by atoms with van der Waals surface area (Å²) in [6, 6.07) is 2.99. The van der Waals surface area contributed by atoms with Crippen LogP contribution in [0.3, 0.4) is 0 Å². The van der Waals surface area contributed by atoms with Crippen LogP contribution >= 0.6 is 0 Å². The van der Waals surface area contributed by atoms with Gasteiger partial charge < -0.3 is 9.84 Å². The molecule has 0 aliphatic rings. The highest BCUT2D eigenvalue weighted by Crippen LogP contribution is 2.19. The highest BCUT2D eigenvalue weighted by Gasteiger charge is 2.15. The predicted molar refractivity (Wildman–Crippen MR) is 52.6 cm³/mol. The third-order valence-corrected chi connectivity index (χ3v) is 1.99. The number of aliphatic hydroxyl groups excluding tert-OH is 1. The molecule has 88 valence electrons. The summed E-state index contributed by atoms with van der Waals surface area (Å²) in [7, 11) is 0. The minimum absolute atomic E-state index is 0.145. The molecule has 3 nitrogen and oxygen atoms in total. The second kappa shape index (κ2) is 5.55. The number of halogens is 2. The van der Waals surface area contributed by atoms with Crippen molar-refractivity contribution in [3.63, 3.8) is 0 Å². The van der Waals surface area contributed by atoms with E-state index in [0.29, 0.717) is 0 Å². The van der Waals surface area contributed by atoms with Crippen LogP contribution in [0, 0.1) is 11.6 Å². The van der Waals surface area contributed by atoms with Crippen LogP contribution in [0.5, 0.6) is 0 Å². The Balaban J connectivity index is 2.69. The van der Waals surface area contributed by atoms with Crippen molar-refractivity contribution < 1.29 is 23.4 Å². The van der Waals surface area contributed by atoms with Crippen molar-refractivity contribution in [2.45, 2.75) is 19.4 Å². The fraction of sp³-hybridized carbons (Fsp3) is 0.364. The van der Waals surface area contributed by atoms with E-state index in [1.165, 1.54) is 6.07 Å². The summed E-state index contributed by atoms with van der Waals surface area (Å²) < 4.78 is 30.0. The molecule has 1 atom stereocenters. The minimum Gasteiger partial charge on any atom is -0.466 e. The molecule has 0 saturated carbocycles. The lowest BCUT2D eigenvalue weighted by atomic mass is 10.1. The average Bonchev–Trinajstić information content (AvgIpc) is 2.22. The number of esters is 1. The number of carbonyl (C=O) groups is 1. The SMILES string of the molecule is CCOC(=O)C[C@@H](O)c1ccc(F)c(F)c1. The van der Waals surface area contributed by atoms with Crippen molar-refractivity contribution in [2.24, 2.45) is 0 Å². The third kappa shape index (κ3) is 3.27. The van der Waals surface area contributed by atoms with Gasteiger partial charge in [-0.1, -0.05) is 6.07 Å². The Kier molecular flexibility index (Phi) is 4.37. The first-order chi connectivity index (χ1) is 7.54. The third-order valence-electron chi connectivity index (χ3n) is 1.99. The molecule has 0 bridgehead atoms. The molecule has 0 heterocycles. The number of rotatable bonds is 4. The number of benzene rings is 1. The highest BCUT2D eigenvalue weighted by atomic mass is 19.2. The normalized spacial score (nSPS) is 12.2. The van der Waals surface area contributed by atoms with E-state index in [-0.39, 0.29) is 18.6 Å². The summed E-state index contributed by atoms with van der Waals surface area (Å²) in [4.78, 5) is 11.0. The zero-order valence-electron chi connectivity index (χ0n) is 8.74. The summed E-state index contributed by atoms with van der Waals surface area (Å²) in [5, 5.41) is 9.54. The highest BCUT2D eigenvalue weighted by molar-refractivity contribution is 5.70. The van der Waals surface area contributed by atoms with E-state index in [9.17, 15) is 18.7 Å².